The van der Waals surface area contributed by atoms with E-state index < -0.39 is 6.10 Å². The molecule has 0 bridgehead atoms. The van der Waals surface area contributed by atoms with E-state index in [2.05, 4.69) is 15.9 Å². The molecule has 0 fully saturated rings. The van der Waals surface area contributed by atoms with Crippen LogP contribution in [-0.4, -0.2) is 5.11 Å². The van der Waals surface area contributed by atoms with Crippen LogP contribution in [-0.2, 0) is 6.42 Å². The lowest BCUT2D eigenvalue weighted by molar-refractivity contribution is 0.177. The highest BCUT2D eigenvalue weighted by Crippen LogP contribution is 2.27. The molecule has 0 saturated heterocycles. The first-order chi connectivity index (χ1) is 7.66. The van der Waals surface area contributed by atoms with Gasteiger partial charge in [0.15, 0.2) is 5.22 Å². The summed E-state index contributed by atoms with van der Waals surface area (Å²) in [7, 11) is 0. The minimum absolute atomic E-state index is 0.252. The fourth-order valence-corrected chi connectivity index (χ4v) is 2.23. The van der Waals surface area contributed by atoms with Crippen LogP contribution in [0.15, 0.2) is 45.5 Å². The lowest BCUT2D eigenvalue weighted by atomic mass is 10.0. The predicted octanol–water partition coefficient (Wildman–Crippen LogP) is 3.97. The van der Waals surface area contributed by atoms with Crippen molar-refractivity contribution < 1.29 is 9.52 Å². The highest BCUT2D eigenvalue weighted by Gasteiger charge is 2.14. The molecule has 2 aromatic rings. The van der Waals surface area contributed by atoms with Gasteiger partial charge in [0.25, 0.3) is 0 Å². The molecule has 0 aliphatic carbocycles. The summed E-state index contributed by atoms with van der Waals surface area (Å²) in [6.45, 7) is 0. The van der Waals surface area contributed by atoms with Crippen molar-refractivity contribution in [3.63, 3.8) is 0 Å². The summed E-state index contributed by atoms with van der Waals surface area (Å²) in [5.41, 5.74) is 1.67. The van der Waals surface area contributed by atoms with Crippen LogP contribution in [0, 0.1) is 0 Å². The number of hydrogen-bond donors (Lipinski definition) is 1. The minimum Gasteiger partial charge on any atom is -0.453 e. The van der Waals surface area contributed by atoms with Gasteiger partial charge in [-0.3, -0.25) is 0 Å². The number of aliphatic hydroxyl groups excluding tert-OH is 1. The van der Waals surface area contributed by atoms with E-state index in [9.17, 15) is 5.11 Å². The minimum atomic E-state index is -0.638. The molecule has 1 atom stereocenters. The van der Waals surface area contributed by atoms with Crippen molar-refractivity contribution in [1.29, 1.82) is 0 Å². The Bertz CT molecular complexity index is 481. The van der Waals surface area contributed by atoms with E-state index in [1.807, 2.05) is 24.3 Å². The number of aliphatic hydroxyl groups is 1. The zero-order valence-corrected chi connectivity index (χ0v) is 10.7. The van der Waals surface area contributed by atoms with Gasteiger partial charge in [0.05, 0.1) is 12.4 Å². The van der Waals surface area contributed by atoms with E-state index in [0.29, 0.717) is 12.0 Å². The molecule has 2 rings (SSSR count). The van der Waals surface area contributed by atoms with Crippen molar-refractivity contribution in [2.24, 2.45) is 0 Å². The third-order valence-electron chi connectivity index (χ3n) is 2.32. The molecule has 0 radical (unpaired) electrons. The Morgan fingerprint density at radius 1 is 1.38 bits per heavy atom. The maximum atomic E-state index is 9.97. The van der Waals surface area contributed by atoms with Crippen molar-refractivity contribution in [1.82, 2.24) is 0 Å². The third kappa shape index (κ3) is 2.67. The van der Waals surface area contributed by atoms with E-state index in [0.717, 1.165) is 10.0 Å². The first-order valence-electron chi connectivity index (χ1n) is 4.82. The molecule has 0 aliphatic rings. The van der Waals surface area contributed by atoms with E-state index >= 15 is 0 Å². The number of hydrogen-bond acceptors (Lipinski definition) is 2. The van der Waals surface area contributed by atoms with Crippen LogP contribution in [0.4, 0.5) is 0 Å². The summed E-state index contributed by atoms with van der Waals surface area (Å²) in [6.07, 6.45) is 1.35. The van der Waals surface area contributed by atoms with Crippen LogP contribution in [0.25, 0.3) is 0 Å². The number of furan rings is 1. The monoisotopic (exact) mass is 300 g/mol. The zero-order valence-electron chi connectivity index (χ0n) is 8.36. The fraction of sp³-hybridized carbons (Fsp3) is 0.167. The van der Waals surface area contributed by atoms with Gasteiger partial charge >= 0.3 is 0 Å². The first kappa shape index (κ1) is 11.7. The molecular formula is C12H10BrClO2. The standard InChI is InChI=1S/C12H10BrClO2/c13-9-3-1-2-8(6-9)7-11(15)10-4-5-16-12(10)14/h1-6,11,15H,7H2. The fourth-order valence-electron chi connectivity index (χ4n) is 1.54. The summed E-state index contributed by atoms with van der Waals surface area (Å²) in [5, 5.41) is 10.2. The van der Waals surface area contributed by atoms with Crippen LogP contribution >= 0.6 is 27.5 Å². The highest BCUT2D eigenvalue weighted by atomic mass is 79.9. The van der Waals surface area contributed by atoms with Gasteiger partial charge in [0, 0.05) is 16.5 Å². The number of halogens is 2. The molecule has 0 saturated carbocycles. The van der Waals surface area contributed by atoms with Gasteiger partial charge in [-0.2, -0.15) is 0 Å². The van der Waals surface area contributed by atoms with Crippen molar-refractivity contribution in [2.75, 3.05) is 0 Å². The Kier molecular flexibility index (Phi) is 3.69. The second-order valence-electron chi connectivity index (χ2n) is 3.50. The Balaban J connectivity index is 2.14. The third-order valence-corrected chi connectivity index (χ3v) is 3.12. The first-order valence-corrected chi connectivity index (χ1v) is 5.99. The van der Waals surface area contributed by atoms with Gasteiger partial charge < -0.3 is 9.52 Å². The molecule has 1 unspecified atom stereocenters. The van der Waals surface area contributed by atoms with E-state index in [1.165, 1.54) is 6.26 Å². The van der Waals surface area contributed by atoms with E-state index in [-0.39, 0.29) is 5.22 Å². The van der Waals surface area contributed by atoms with Gasteiger partial charge in [0.1, 0.15) is 0 Å². The summed E-state index contributed by atoms with van der Waals surface area (Å²) in [4.78, 5) is 0. The SMILES string of the molecule is OC(Cc1cccc(Br)c1)c1ccoc1Cl. The smallest absolute Gasteiger partial charge is 0.198 e. The van der Waals surface area contributed by atoms with Crippen LogP contribution in [0.3, 0.4) is 0 Å². The summed E-state index contributed by atoms with van der Waals surface area (Å²) in [6, 6.07) is 9.49. The van der Waals surface area contributed by atoms with Gasteiger partial charge in [-0.05, 0) is 35.4 Å². The van der Waals surface area contributed by atoms with Crippen molar-refractivity contribution in [3.8, 4) is 0 Å². The van der Waals surface area contributed by atoms with Crippen LogP contribution in [0.5, 0.6) is 0 Å². The Morgan fingerprint density at radius 3 is 2.81 bits per heavy atom. The Hall–Kier alpha value is -0.770. The second-order valence-corrected chi connectivity index (χ2v) is 4.76. The summed E-state index contributed by atoms with van der Waals surface area (Å²) in [5.74, 6) is 0. The van der Waals surface area contributed by atoms with Crippen molar-refractivity contribution >= 4 is 27.5 Å². The van der Waals surface area contributed by atoms with Crippen LogP contribution < -0.4 is 0 Å². The van der Waals surface area contributed by atoms with E-state index in [1.54, 1.807) is 6.07 Å². The van der Waals surface area contributed by atoms with E-state index in [4.69, 9.17) is 16.0 Å². The topological polar surface area (TPSA) is 33.4 Å². The van der Waals surface area contributed by atoms with Crippen molar-refractivity contribution in [2.45, 2.75) is 12.5 Å². The molecule has 2 nitrogen and oxygen atoms in total. The average Bonchev–Trinajstić information content (AvgIpc) is 2.64. The molecule has 84 valence electrons. The van der Waals surface area contributed by atoms with Gasteiger partial charge in [-0.25, -0.2) is 0 Å². The van der Waals surface area contributed by atoms with Gasteiger partial charge in [-0.15, -0.1) is 0 Å². The number of benzene rings is 1. The largest absolute Gasteiger partial charge is 0.453 e. The highest BCUT2D eigenvalue weighted by molar-refractivity contribution is 9.10. The average molecular weight is 302 g/mol. The molecule has 0 spiro atoms. The van der Waals surface area contributed by atoms with Gasteiger partial charge in [-0.1, -0.05) is 28.1 Å². The maximum absolute atomic E-state index is 9.97. The normalized spacial score (nSPS) is 12.7. The summed E-state index contributed by atoms with van der Waals surface area (Å²) < 4.78 is 5.94. The molecule has 4 heteroatoms. The van der Waals surface area contributed by atoms with Crippen LogP contribution in [0.2, 0.25) is 5.22 Å². The molecule has 1 aromatic heterocycles. The maximum Gasteiger partial charge on any atom is 0.198 e. The molecule has 1 N–H and O–H groups in total. The predicted molar refractivity (Wildman–Crippen MR) is 66.5 cm³/mol. The van der Waals surface area contributed by atoms with Gasteiger partial charge in [0.2, 0.25) is 0 Å². The van der Waals surface area contributed by atoms with Crippen molar-refractivity contribution in [3.05, 3.63) is 57.4 Å². The Labute approximate surface area is 107 Å². The molecule has 1 aromatic carbocycles. The molecular weight excluding hydrogens is 291 g/mol. The summed E-state index contributed by atoms with van der Waals surface area (Å²) >= 11 is 9.19. The quantitative estimate of drug-likeness (QED) is 0.930. The molecule has 1 heterocycles. The lowest BCUT2D eigenvalue weighted by Gasteiger charge is -2.09. The molecule has 0 aliphatic heterocycles. The number of rotatable bonds is 3. The molecule has 0 amide bonds. The molecule has 16 heavy (non-hydrogen) atoms. The zero-order chi connectivity index (χ0) is 11.5. The Morgan fingerprint density at radius 2 is 2.19 bits per heavy atom. The van der Waals surface area contributed by atoms with Crippen LogP contribution in [0.1, 0.15) is 17.2 Å². The second kappa shape index (κ2) is 5.04. The lowest BCUT2D eigenvalue weighted by Crippen LogP contribution is -2.00.